The van der Waals surface area contributed by atoms with E-state index in [1.807, 2.05) is 30.3 Å². The minimum Gasteiger partial charge on any atom is -0.413 e. The van der Waals surface area contributed by atoms with E-state index >= 15 is 0 Å². The third-order valence-electron chi connectivity index (χ3n) is 5.10. The first-order valence-corrected chi connectivity index (χ1v) is 11.5. The van der Waals surface area contributed by atoms with Crippen LogP contribution >= 0.6 is 0 Å². The van der Waals surface area contributed by atoms with Gasteiger partial charge in [-0.25, -0.2) is 0 Å². The molecule has 1 saturated carbocycles. The molecule has 0 radical (unpaired) electrons. The normalized spacial score (nSPS) is 23.1. The number of ketones is 1. The smallest absolute Gasteiger partial charge is 0.192 e. The lowest BCUT2D eigenvalue weighted by molar-refractivity contribution is -0.137. The van der Waals surface area contributed by atoms with Crippen molar-refractivity contribution in [1.29, 1.82) is 0 Å². The van der Waals surface area contributed by atoms with Crippen LogP contribution in [0, 0.1) is 0 Å². The summed E-state index contributed by atoms with van der Waals surface area (Å²) in [5.41, 5.74) is 1.11. The minimum atomic E-state index is -1.81. The van der Waals surface area contributed by atoms with E-state index in [2.05, 4.69) is 33.9 Å². The van der Waals surface area contributed by atoms with Gasteiger partial charge in [-0.15, -0.1) is 0 Å². The fourth-order valence-electron chi connectivity index (χ4n) is 2.60. The van der Waals surface area contributed by atoms with Crippen LogP contribution < -0.4 is 0 Å². The summed E-state index contributed by atoms with van der Waals surface area (Å²) in [5.74, 6) is 0.191. The molecule has 1 aliphatic rings. The van der Waals surface area contributed by atoms with Crippen LogP contribution in [0.25, 0.3) is 0 Å². The van der Waals surface area contributed by atoms with Gasteiger partial charge in [0.05, 0.1) is 12.7 Å². The fraction of sp³-hybridized carbons (Fsp3) is 0.632. The molecule has 0 aliphatic heterocycles. The van der Waals surface area contributed by atoms with Crippen LogP contribution in [0.5, 0.6) is 0 Å². The van der Waals surface area contributed by atoms with Gasteiger partial charge in [0.2, 0.25) is 0 Å². The molecular formula is C19H30O3Si. The molecule has 128 valence electrons. The van der Waals surface area contributed by atoms with Crippen molar-refractivity contribution in [1.82, 2.24) is 0 Å². The van der Waals surface area contributed by atoms with Crippen LogP contribution in [0.4, 0.5) is 0 Å². The summed E-state index contributed by atoms with van der Waals surface area (Å²) in [6.07, 6.45) is 1.98. The summed E-state index contributed by atoms with van der Waals surface area (Å²) >= 11 is 0. The van der Waals surface area contributed by atoms with E-state index in [1.54, 1.807) is 0 Å². The molecule has 4 heteroatoms. The Bertz CT molecular complexity index is 519. The van der Waals surface area contributed by atoms with E-state index in [0.717, 1.165) is 18.4 Å². The Morgan fingerprint density at radius 1 is 1.13 bits per heavy atom. The Labute approximate surface area is 141 Å². The third kappa shape index (κ3) is 5.00. The van der Waals surface area contributed by atoms with Gasteiger partial charge in [-0.05, 0) is 36.5 Å². The summed E-state index contributed by atoms with van der Waals surface area (Å²) in [7, 11) is -1.81. The van der Waals surface area contributed by atoms with Crippen LogP contribution in [0.2, 0.25) is 18.1 Å². The quantitative estimate of drug-likeness (QED) is 0.731. The summed E-state index contributed by atoms with van der Waals surface area (Å²) < 4.78 is 12.2. The summed E-state index contributed by atoms with van der Waals surface area (Å²) in [5, 5.41) is 0.177. The molecule has 1 aliphatic carbocycles. The van der Waals surface area contributed by atoms with Crippen LogP contribution in [0.1, 0.15) is 45.6 Å². The Morgan fingerprint density at radius 2 is 1.78 bits per heavy atom. The second kappa shape index (κ2) is 7.28. The van der Waals surface area contributed by atoms with Crippen molar-refractivity contribution in [2.45, 2.75) is 77.0 Å². The Morgan fingerprint density at radius 3 is 2.35 bits per heavy atom. The lowest BCUT2D eigenvalue weighted by atomic mass is 9.94. The minimum absolute atomic E-state index is 0.0694. The molecule has 0 aromatic heterocycles. The number of Topliss-reactive ketones (excluding diaryl/α,β-unsaturated/α-hetero) is 1. The van der Waals surface area contributed by atoms with Gasteiger partial charge in [-0.1, -0.05) is 51.1 Å². The number of carbonyl (C=O) groups is 1. The predicted molar refractivity (Wildman–Crippen MR) is 95.9 cm³/mol. The molecule has 0 N–H and O–H groups in total. The SMILES string of the molecule is CC(C)(C)[Si](C)(C)OC1CC[C@H](OCc2ccccc2)C(=O)C1. The van der Waals surface area contributed by atoms with Crippen molar-refractivity contribution in [3.8, 4) is 0 Å². The highest BCUT2D eigenvalue weighted by Gasteiger charge is 2.41. The second-order valence-electron chi connectivity index (χ2n) is 8.03. The molecule has 0 amide bonds. The Hall–Kier alpha value is -0.973. The monoisotopic (exact) mass is 334 g/mol. The van der Waals surface area contributed by atoms with E-state index in [1.165, 1.54) is 0 Å². The molecule has 0 heterocycles. The maximum atomic E-state index is 12.4. The molecule has 2 rings (SSSR count). The lowest BCUT2D eigenvalue weighted by Crippen LogP contribution is -2.46. The zero-order valence-electron chi connectivity index (χ0n) is 15.1. The highest BCUT2D eigenvalue weighted by molar-refractivity contribution is 6.74. The van der Waals surface area contributed by atoms with Crippen molar-refractivity contribution in [3.05, 3.63) is 35.9 Å². The number of hydrogen-bond acceptors (Lipinski definition) is 3. The van der Waals surface area contributed by atoms with Gasteiger partial charge in [0.25, 0.3) is 0 Å². The zero-order valence-corrected chi connectivity index (χ0v) is 16.1. The van der Waals surface area contributed by atoms with Crippen molar-refractivity contribution in [2.75, 3.05) is 0 Å². The standard InChI is InChI=1S/C19H30O3Si/c1-19(2,3)23(4,5)22-16-11-12-18(17(20)13-16)21-14-15-9-7-6-8-10-15/h6-10,16,18H,11-14H2,1-5H3/t16?,18-/m0/s1. The van der Waals surface area contributed by atoms with Gasteiger partial charge >= 0.3 is 0 Å². The average molecular weight is 335 g/mol. The summed E-state index contributed by atoms with van der Waals surface area (Å²) in [6.45, 7) is 11.7. The zero-order chi connectivity index (χ0) is 17.1. The molecule has 0 bridgehead atoms. The number of carbonyl (C=O) groups excluding carboxylic acids is 1. The number of hydrogen-bond donors (Lipinski definition) is 0. The molecule has 2 atom stereocenters. The molecule has 1 aromatic rings. The number of benzene rings is 1. The first kappa shape index (κ1) is 18.4. The van der Waals surface area contributed by atoms with E-state index in [-0.39, 0.29) is 23.0 Å². The van der Waals surface area contributed by atoms with E-state index < -0.39 is 8.32 Å². The van der Waals surface area contributed by atoms with Gasteiger partial charge in [0.1, 0.15) is 6.10 Å². The van der Waals surface area contributed by atoms with Crippen molar-refractivity contribution < 1.29 is 14.0 Å². The topological polar surface area (TPSA) is 35.5 Å². The fourth-order valence-corrected chi connectivity index (χ4v) is 3.99. The Balaban J connectivity index is 1.84. The molecule has 23 heavy (non-hydrogen) atoms. The lowest BCUT2D eigenvalue weighted by Gasteiger charge is -2.40. The first-order valence-electron chi connectivity index (χ1n) is 8.55. The highest BCUT2D eigenvalue weighted by atomic mass is 28.4. The average Bonchev–Trinajstić information content (AvgIpc) is 2.46. The molecule has 1 aromatic carbocycles. The predicted octanol–water partition coefficient (Wildman–Crippen LogP) is 4.72. The maximum Gasteiger partial charge on any atom is 0.192 e. The molecule has 1 unspecified atom stereocenters. The van der Waals surface area contributed by atoms with Crippen LogP contribution in [0.3, 0.4) is 0 Å². The molecule has 1 fully saturated rings. The maximum absolute atomic E-state index is 12.4. The van der Waals surface area contributed by atoms with E-state index in [9.17, 15) is 4.79 Å². The number of rotatable bonds is 5. The van der Waals surface area contributed by atoms with Gasteiger partial charge in [0, 0.05) is 6.42 Å². The Kier molecular flexibility index (Phi) is 5.82. The third-order valence-corrected chi connectivity index (χ3v) is 9.64. The van der Waals surface area contributed by atoms with Gasteiger partial charge in [0.15, 0.2) is 14.1 Å². The molecule has 0 saturated heterocycles. The van der Waals surface area contributed by atoms with Crippen molar-refractivity contribution in [2.24, 2.45) is 0 Å². The van der Waals surface area contributed by atoms with Gasteiger partial charge in [-0.2, -0.15) is 0 Å². The van der Waals surface area contributed by atoms with E-state index in [4.69, 9.17) is 9.16 Å². The van der Waals surface area contributed by atoms with Gasteiger partial charge in [-0.3, -0.25) is 4.79 Å². The van der Waals surface area contributed by atoms with Crippen LogP contribution in [-0.4, -0.2) is 26.3 Å². The van der Waals surface area contributed by atoms with Gasteiger partial charge < -0.3 is 9.16 Å². The van der Waals surface area contributed by atoms with Crippen molar-refractivity contribution in [3.63, 3.8) is 0 Å². The van der Waals surface area contributed by atoms with Crippen LogP contribution in [0.15, 0.2) is 30.3 Å². The number of ether oxygens (including phenoxy) is 1. The second-order valence-corrected chi connectivity index (χ2v) is 12.8. The largest absolute Gasteiger partial charge is 0.413 e. The molecular weight excluding hydrogens is 304 g/mol. The van der Waals surface area contributed by atoms with Crippen LogP contribution in [-0.2, 0) is 20.6 Å². The molecule has 0 spiro atoms. The first-order chi connectivity index (χ1) is 10.7. The highest BCUT2D eigenvalue weighted by Crippen LogP contribution is 2.39. The van der Waals surface area contributed by atoms with Crippen molar-refractivity contribution >= 4 is 14.1 Å². The molecule has 3 nitrogen and oxygen atoms in total. The summed E-state index contributed by atoms with van der Waals surface area (Å²) in [6, 6.07) is 10.0. The van der Waals surface area contributed by atoms with E-state index in [0.29, 0.717) is 13.0 Å². The summed E-state index contributed by atoms with van der Waals surface area (Å²) in [4.78, 5) is 12.4.